The Kier molecular flexibility index (Phi) is 5.00. The van der Waals surface area contributed by atoms with E-state index in [1.807, 2.05) is 11.3 Å². The Morgan fingerprint density at radius 1 is 0.439 bits per heavy atom. The van der Waals surface area contributed by atoms with Crippen LogP contribution >= 0.6 is 11.3 Å². The molecule has 192 valence electrons. The lowest BCUT2D eigenvalue weighted by Gasteiger charge is -2.15. The molecule has 0 amide bonds. The van der Waals surface area contributed by atoms with Crippen LogP contribution in [0.3, 0.4) is 0 Å². The van der Waals surface area contributed by atoms with Gasteiger partial charge in [-0.1, -0.05) is 115 Å². The maximum absolute atomic E-state index is 2.46. The fourth-order valence-electron chi connectivity index (χ4n) is 6.97. The fraction of sp³-hybridized carbons (Fsp3) is 0.0500. The second kappa shape index (κ2) is 8.89. The van der Waals surface area contributed by atoms with Gasteiger partial charge in [0.15, 0.2) is 0 Å². The third kappa shape index (κ3) is 3.53. The monoisotopic (exact) mass is 538 g/mol. The maximum Gasteiger partial charge on any atom is 0.0358 e. The van der Waals surface area contributed by atoms with Crippen LogP contribution in [-0.4, -0.2) is 0 Å². The van der Waals surface area contributed by atoms with Crippen LogP contribution in [0.25, 0.3) is 76.0 Å². The number of fused-ring (bicyclic) bond motifs is 11. The first kappa shape index (κ1) is 23.0. The summed E-state index contributed by atoms with van der Waals surface area (Å²) in [5.41, 5.74) is 6.72. The van der Waals surface area contributed by atoms with Gasteiger partial charge in [-0.3, -0.25) is 0 Å². The summed E-state index contributed by atoms with van der Waals surface area (Å²) in [4.78, 5) is 1.52. The number of allylic oxidation sites excluding steroid dienone is 1. The van der Waals surface area contributed by atoms with Gasteiger partial charge in [0, 0.05) is 15.0 Å². The molecule has 0 atom stereocenters. The third-order valence-corrected chi connectivity index (χ3v) is 10.2. The standard InChI is InChI=1S/C40H26S/c1-2-8-30-27(7-1)18-22-39-40(30)37-24-29(19-21-38(37)41-39)26-15-13-25(14-16-26)28-17-20-35-33-11-4-3-9-31(33)32-10-5-6-12-34(32)36(35)23-28/h1-18,20,22-24H,19,21H2. The van der Waals surface area contributed by atoms with Gasteiger partial charge in [-0.15, -0.1) is 11.3 Å². The molecule has 0 bridgehead atoms. The molecule has 1 aliphatic carbocycles. The summed E-state index contributed by atoms with van der Waals surface area (Å²) in [6, 6.07) is 47.2. The van der Waals surface area contributed by atoms with Crippen molar-refractivity contribution in [3.63, 3.8) is 0 Å². The molecular formula is C40H26S. The topological polar surface area (TPSA) is 0 Å². The molecule has 41 heavy (non-hydrogen) atoms. The molecule has 1 heterocycles. The SMILES string of the molecule is C1=C(c2ccc(-c3ccc4c5ccccc5c5ccccc5c4c3)cc2)CCc2sc3ccc4ccccc4c3c21. The van der Waals surface area contributed by atoms with E-state index in [0.717, 1.165) is 12.8 Å². The summed E-state index contributed by atoms with van der Waals surface area (Å²) in [6.45, 7) is 0. The largest absolute Gasteiger partial charge is 0.140 e. The average molecular weight is 539 g/mol. The van der Waals surface area contributed by atoms with Crippen LogP contribution in [-0.2, 0) is 6.42 Å². The predicted molar refractivity (Wildman–Crippen MR) is 180 cm³/mol. The second-order valence-corrected chi connectivity index (χ2v) is 12.3. The molecule has 0 aliphatic heterocycles. The predicted octanol–water partition coefficient (Wildman–Crippen LogP) is 11.7. The summed E-state index contributed by atoms with van der Waals surface area (Å²) in [5.74, 6) is 0. The Morgan fingerprint density at radius 3 is 1.76 bits per heavy atom. The van der Waals surface area contributed by atoms with Gasteiger partial charge in [-0.2, -0.15) is 0 Å². The molecule has 0 spiro atoms. The number of thiophene rings is 1. The molecule has 8 aromatic rings. The van der Waals surface area contributed by atoms with Gasteiger partial charge in [0.25, 0.3) is 0 Å². The Labute approximate surface area is 242 Å². The van der Waals surface area contributed by atoms with Crippen LogP contribution < -0.4 is 0 Å². The zero-order valence-electron chi connectivity index (χ0n) is 22.5. The van der Waals surface area contributed by atoms with Crippen molar-refractivity contribution in [2.24, 2.45) is 0 Å². The number of hydrogen-bond acceptors (Lipinski definition) is 1. The highest BCUT2D eigenvalue weighted by Gasteiger charge is 2.19. The van der Waals surface area contributed by atoms with E-state index in [-0.39, 0.29) is 0 Å². The average Bonchev–Trinajstić information content (AvgIpc) is 3.43. The van der Waals surface area contributed by atoms with Gasteiger partial charge in [0.2, 0.25) is 0 Å². The molecule has 0 fully saturated rings. The zero-order chi connectivity index (χ0) is 26.9. The van der Waals surface area contributed by atoms with Gasteiger partial charge in [0.1, 0.15) is 0 Å². The first-order chi connectivity index (χ1) is 20.3. The number of aryl methyl sites for hydroxylation is 1. The van der Waals surface area contributed by atoms with E-state index in [4.69, 9.17) is 0 Å². The first-order valence-electron chi connectivity index (χ1n) is 14.4. The number of benzene rings is 7. The van der Waals surface area contributed by atoms with E-state index in [0.29, 0.717) is 0 Å². The minimum Gasteiger partial charge on any atom is -0.140 e. The van der Waals surface area contributed by atoms with Crippen LogP contribution in [0.1, 0.15) is 22.4 Å². The van der Waals surface area contributed by atoms with Gasteiger partial charge in [-0.05, 0) is 102 Å². The first-order valence-corrected chi connectivity index (χ1v) is 15.2. The molecule has 0 radical (unpaired) electrons. The van der Waals surface area contributed by atoms with Crippen molar-refractivity contribution in [3.8, 4) is 11.1 Å². The minimum absolute atomic E-state index is 1.09. The molecule has 1 heteroatoms. The maximum atomic E-state index is 2.46. The quantitative estimate of drug-likeness (QED) is 0.192. The lowest BCUT2D eigenvalue weighted by atomic mass is 9.89. The summed E-state index contributed by atoms with van der Waals surface area (Å²) in [7, 11) is 0. The van der Waals surface area contributed by atoms with Gasteiger partial charge in [-0.25, -0.2) is 0 Å². The zero-order valence-corrected chi connectivity index (χ0v) is 23.3. The summed E-state index contributed by atoms with van der Waals surface area (Å²) in [6.07, 6.45) is 4.67. The third-order valence-electron chi connectivity index (χ3n) is 8.97. The van der Waals surface area contributed by atoms with E-state index >= 15 is 0 Å². The lowest BCUT2D eigenvalue weighted by molar-refractivity contribution is 1.03. The van der Waals surface area contributed by atoms with Crippen molar-refractivity contribution < 1.29 is 0 Å². The molecule has 0 unspecified atom stereocenters. The van der Waals surface area contributed by atoms with E-state index in [1.54, 1.807) is 0 Å². The van der Waals surface area contributed by atoms with E-state index in [1.165, 1.54) is 85.9 Å². The van der Waals surface area contributed by atoms with Crippen LogP contribution in [0.4, 0.5) is 0 Å². The Hall–Kier alpha value is -4.72. The molecule has 0 saturated carbocycles. The second-order valence-electron chi connectivity index (χ2n) is 11.2. The van der Waals surface area contributed by atoms with Crippen molar-refractivity contribution in [2.75, 3.05) is 0 Å². The van der Waals surface area contributed by atoms with Crippen LogP contribution in [0.15, 0.2) is 127 Å². The Balaban J connectivity index is 1.14. The van der Waals surface area contributed by atoms with Crippen molar-refractivity contribution in [1.82, 2.24) is 0 Å². The molecule has 1 aliphatic rings. The highest BCUT2D eigenvalue weighted by atomic mass is 32.1. The summed E-state index contributed by atoms with van der Waals surface area (Å²) in [5, 5.41) is 12.0. The Morgan fingerprint density at radius 2 is 1.02 bits per heavy atom. The van der Waals surface area contributed by atoms with Crippen LogP contribution in [0.2, 0.25) is 0 Å². The molecular weight excluding hydrogens is 513 g/mol. The van der Waals surface area contributed by atoms with Crippen molar-refractivity contribution in [1.29, 1.82) is 0 Å². The fourth-order valence-corrected chi connectivity index (χ4v) is 8.16. The normalized spacial score (nSPS) is 13.3. The van der Waals surface area contributed by atoms with E-state index in [9.17, 15) is 0 Å². The summed E-state index contributed by atoms with van der Waals surface area (Å²) < 4.78 is 1.40. The van der Waals surface area contributed by atoms with E-state index in [2.05, 4.69) is 133 Å². The number of hydrogen-bond donors (Lipinski definition) is 0. The smallest absolute Gasteiger partial charge is 0.0358 e. The van der Waals surface area contributed by atoms with Crippen LogP contribution in [0.5, 0.6) is 0 Å². The molecule has 1 aromatic heterocycles. The van der Waals surface area contributed by atoms with E-state index < -0.39 is 0 Å². The molecule has 7 aromatic carbocycles. The van der Waals surface area contributed by atoms with Crippen molar-refractivity contribution >= 4 is 76.2 Å². The highest BCUT2D eigenvalue weighted by molar-refractivity contribution is 7.19. The molecule has 0 nitrogen and oxygen atoms in total. The van der Waals surface area contributed by atoms with Crippen molar-refractivity contribution in [2.45, 2.75) is 12.8 Å². The number of rotatable bonds is 2. The molecule has 0 N–H and O–H groups in total. The van der Waals surface area contributed by atoms with Gasteiger partial charge < -0.3 is 0 Å². The van der Waals surface area contributed by atoms with Crippen molar-refractivity contribution in [3.05, 3.63) is 143 Å². The molecule has 0 saturated heterocycles. The highest BCUT2D eigenvalue weighted by Crippen LogP contribution is 2.43. The lowest BCUT2D eigenvalue weighted by Crippen LogP contribution is -1.96. The Bertz CT molecular complexity index is 2310. The van der Waals surface area contributed by atoms with Crippen LogP contribution in [0, 0.1) is 0 Å². The minimum atomic E-state index is 1.09. The van der Waals surface area contributed by atoms with Gasteiger partial charge in [0.05, 0.1) is 0 Å². The molecule has 9 rings (SSSR count). The summed E-state index contributed by atoms with van der Waals surface area (Å²) >= 11 is 1.97. The van der Waals surface area contributed by atoms with Gasteiger partial charge >= 0.3 is 0 Å².